The van der Waals surface area contributed by atoms with Crippen LogP contribution in [0.1, 0.15) is 56.2 Å². The Hall–Kier alpha value is -1.39. The predicted molar refractivity (Wildman–Crippen MR) is 90.7 cm³/mol. The van der Waals surface area contributed by atoms with E-state index >= 15 is 0 Å². The average Bonchev–Trinajstić information content (AvgIpc) is 3.04. The number of carbonyl (C=O) groups is 1. The van der Waals surface area contributed by atoms with Gasteiger partial charge in [-0.1, -0.05) is 38.1 Å². The molecular weight excluding hydrogens is 274 g/mol. The Morgan fingerprint density at radius 1 is 1.32 bits per heavy atom. The normalized spacial score (nSPS) is 19.4. The lowest BCUT2D eigenvalue weighted by Gasteiger charge is -2.15. The Labute approximate surface area is 133 Å². The van der Waals surface area contributed by atoms with Crippen LogP contribution >= 0.6 is 0 Å². The van der Waals surface area contributed by atoms with E-state index in [-0.39, 0.29) is 11.9 Å². The summed E-state index contributed by atoms with van der Waals surface area (Å²) in [5.74, 6) is 1.29. The van der Waals surface area contributed by atoms with Gasteiger partial charge < -0.3 is 16.4 Å². The molecule has 1 aliphatic heterocycles. The van der Waals surface area contributed by atoms with Crippen molar-refractivity contribution in [3.05, 3.63) is 35.4 Å². The summed E-state index contributed by atoms with van der Waals surface area (Å²) >= 11 is 0. The third-order valence-electron chi connectivity index (χ3n) is 4.49. The van der Waals surface area contributed by atoms with Crippen molar-refractivity contribution in [1.82, 2.24) is 10.6 Å². The number of nitrogens with two attached hydrogens (primary N) is 1. The zero-order chi connectivity index (χ0) is 15.9. The van der Waals surface area contributed by atoms with E-state index in [2.05, 4.69) is 48.7 Å². The summed E-state index contributed by atoms with van der Waals surface area (Å²) in [6, 6.07) is 8.23. The van der Waals surface area contributed by atoms with E-state index in [0.29, 0.717) is 24.8 Å². The number of amides is 1. The quantitative estimate of drug-likeness (QED) is 0.724. The summed E-state index contributed by atoms with van der Waals surface area (Å²) in [5, 5.41) is 6.29. The van der Waals surface area contributed by atoms with Crippen LogP contribution in [0.15, 0.2) is 24.3 Å². The smallest absolute Gasteiger partial charge is 0.220 e. The van der Waals surface area contributed by atoms with Crippen molar-refractivity contribution in [2.75, 3.05) is 19.6 Å². The van der Waals surface area contributed by atoms with Crippen molar-refractivity contribution >= 4 is 5.91 Å². The van der Waals surface area contributed by atoms with Crippen LogP contribution in [0.25, 0.3) is 0 Å². The van der Waals surface area contributed by atoms with Gasteiger partial charge in [-0.2, -0.15) is 0 Å². The van der Waals surface area contributed by atoms with Crippen LogP contribution in [0.5, 0.6) is 0 Å². The first-order valence-electron chi connectivity index (χ1n) is 8.39. The second-order valence-corrected chi connectivity index (χ2v) is 6.63. The zero-order valence-corrected chi connectivity index (χ0v) is 13.8. The van der Waals surface area contributed by atoms with Crippen molar-refractivity contribution in [1.29, 1.82) is 0 Å². The van der Waals surface area contributed by atoms with E-state index in [0.717, 1.165) is 25.1 Å². The summed E-state index contributed by atoms with van der Waals surface area (Å²) in [5.41, 5.74) is 8.55. The second-order valence-electron chi connectivity index (χ2n) is 6.63. The fourth-order valence-electron chi connectivity index (χ4n) is 2.85. The molecule has 2 atom stereocenters. The molecule has 2 rings (SSSR count). The molecule has 0 spiro atoms. The van der Waals surface area contributed by atoms with E-state index in [1.165, 1.54) is 12.0 Å². The Bertz CT molecular complexity index is 464. The van der Waals surface area contributed by atoms with E-state index in [1.807, 2.05) is 0 Å². The SMILES string of the molecule is CC(C)c1ccc(C(N)CNC(=O)CCC2CCNC2)cc1. The maximum absolute atomic E-state index is 11.9. The lowest BCUT2D eigenvalue weighted by molar-refractivity contribution is -0.121. The van der Waals surface area contributed by atoms with Gasteiger partial charge in [0.25, 0.3) is 0 Å². The maximum atomic E-state index is 11.9. The predicted octanol–water partition coefficient (Wildman–Crippen LogP) is 2.32. The minimum absolute atomic E-state index is 0.112. The zero-order valence-electron chi connectivity index (χ0n) is 13.8. The number of rotatable bonds is 7. The van der Waals surface area contributed by atoms with E-state index < -0.39 is 0 Å². The molecule has 4 heteroatoms. The van der Waals surface area contributed by atoms with Gasteiger partial charge in [0.1, 0.15) is 0 Å². The molecule has 0 bridgehead atoms. The van der Waals surface area contributed by atoms with E-state index in [1.54, 1.807) is 0 Å². The third-order valence-corrected chi connectivity index (χ3v) is 4.49. The molecule has 1 amide bonds. The molecule has 1 aromatic carbocycles. The summed E-state index contributed by atoms with van der Waals surface area (Å²) in [4.78, 5) is 11.9. The van der Waals surface area contributed by atoms with Crippen LogP contribution in [-0.4, -0.2) is 25.5 Å². The first-order valence-corrected chi connectivity index (χ1v) is 8.39. The highest BCUT2D eigenvalue weighted by Gasteiger charge is 2.16. The molecule has 1 saturated heterocycles. The van der Waals surface area contributed by atoms with Gasteiger partial charge in [0.2, 0.25) is 5.91 Å². The van der Waals surface area contributed by atoms with Gasteiger partial charge in [-0.25, -0.2) is 0 Å². The minimum Gasteiger partial charge on any atom is -0.354 e. The van der Waals surface area contributed by atoms with Crippen LogP contribution < -0.4 is 16.4 Å². The van der Waals surface area contributed by atoms with E-state index in [9.17, 15) is 4.79 Å². The largest absolute Gasteiger partial charge is 0.354 e. The summed E-state index contributed by atoms with van der Waals surface area (Å²) < 4.78 is 0. The molecule has 0 aromatic heterocycles. The summed E-state index contributed by atoms with van der Waals surface area (Å²) in [7, 11) is 0. The molecule has 1 heterocycles. The minimum atomic E-state index is -0.140. The molecule has 0 aliphatic carbocycles. The maximum Gasteiger partial charge on any atom is 0.220 e. The van der Waals surface area contributed by atoms with Crippen LogP contribution in [0.3, 0.4) is 0 Å². The highest BCUT2D eigenvalue weighted by molar-refractivity contribution is 5.75. The highest BCUT2D eigenvalue weighted by Crippen LogP contribution is 2.17. The molecule has 4 nitrogen and oxygen atoms in total. The number of nitrogens with one attached hydrogen (secondary N) is 2. The number of hydrogen-bond donors (Lipinski definition) is 3. The lowest BCUT2D eigenvalue weighted by atomic mass is 9.99. The van der Waals surface area contributed by atoms with Gasteiger partial charge in [-0.05, 0) is 48.9 Å². The summed E-state index contributed by atoms with van der Waals surface area (Å²) in [6.45, 7) is 6.99. The standard InChI is InChI=1S/C18H29N3O/c1-13(2)15-4-6-16(7-5-15)17(19)12-21-18(22)8-3-14-9-10-20-11-14/h4-7,13-14,17,20H,3,8-12,19H2,1-2H3,(H,21,22). The van der Waals surface area contributed by atoms with Crippen molar-refractivity contribution in [3.8, 4) is 0 Å². The molecule has 1 fully saturated rings. The monoisotopic (exact) mass is 303 g/mol. The molecule has 4 N–H and O–H groups in total. The van der Waals surface area contributed by atoms with Gasteiger partial charge in [-0.3, -0.25) is 4.79 Å². The highest BCUT2D eigenvalue weighted by atomic mass is 16.1. The van der Waals surface area contributed by atoms with Gasteiger partial charge >= 0.3 is 0 Å². The van der Waals surface area contributed by atoms with Crippen molar-refractivity contribution < 1.29 is 4.79 Å². The molecular formula is C18H29N3O. The van der Waals surface area contributed by atoms with Gasteiger partial charge in [-0.15, -0.1) is 0 Å². The third kappa shape index (κ3) is 5.11. The fraction of sp³-hybridized carbons (Fsp3) is 0.611. The van der Waals surface area contributed by atoms with Crippen molar-refractivity contribution in [2.45, 2.75) is 45.1 Å². The molecule has 122 valence electrons. The molecule has 2 unspecified atom stereocenters. The Balaban J connectivity index is 1.71. The van der Waals surface area contributed by atoms with Gasteiger partial charge in [0.05, 0.1) is 0 Å². The van der Waals surface area contributed by atoms with Crippen LogP contribution in [0, 0.1) is 5.92 Å². The molecule has 22 heavy (non-hydrogen) atoms. The van der Waals surface area contributed by atoms with E-state index in [4.69, 9.17) is 5.73 Å². The first kappa shape index (κ1) is 17.0. The number of carbonyl (C=O) groups excluding carboxylic acids is 1. The summed E-state index contributed by atoms with van der Waals surface area (Å²) in [6.07, 6.45) is 2.76. The average molecular weight is 303 g/mol. The molecule has 1 aromatic rings. The molecule has 0 saturated carbocycles. The van der Waals surface area contributed by atoms with Gasteiger partial charge in [0.15, 0.2) is 0 Å². The van der Waals surface area contributed by atoms with Crippen LogP contribution in [-0.2, 0) is 4.79 Å². The topological polar surface area (TPSA) is 67.1 Å². The number of hydrogen-bond acceptors (Lipinski definition) is 3. The van der Waals surface area contributed by atoms with Crippen molar-refractivity contribution in [2.24, 2.45) is 11.7 Å². The molecule has 0 radical (unpaired) electrons. The number of benzene rings is 1. The first-order chi connectivity index (χ1) is 10.6. The lowest BCUT2D eigenvalue weighted by Crippen LogP contribution is -2.32. The Kier molecular flexibility index (Phi) is 6.40. The second kappa shape index (κ2) is 8.30. The Morgan fingerprint density at radius 3 is 2.59 bits per heavy atom. The van der Waals surface area contributed by atoms with Gasteiger partial charge in [0, 0.05) is 19.0 Å². The Morgan fingerprint density at radius 2 is 2.00 bits per heavy atom. The van der Waals surface area contributed by atoms with Crippen molar-refractivity contribution in [3.63, 3.8) is 0 Å². The van der Waals surface area contributed by atoms with Crippen LogP contribution in [0.2, 0.25) is 0 Å². The van der Waals surface area contributed by atoms with Crippen LogP contribution in [0.4, 0.5) is 0 Å². The fourth-order valence-corrected chi connectivity index (χ4v) is 2.85. The molecule has 1 aliphatic rings.